The second kappa shape index (κ2) is 5.21. The predicted molar refractivity (Wildman–Crippen MR) is 60.4 cm³/mol. The Labute approximate surface area is 97.9 Å². The van der Waals surface area contributed by atoms with Crippen LogP contribution >= 0.6 is 0 Å². The summed E-state index contributed by atoms with van der Waals surface area (Å²) in [5.74, 6) is 0.198. The van der Waals surface area contributed by atoms with Gasteiger partial charge in [0, 0.05) is 5.56 Å². The van der Waals surface area contributed by atoms with Crippen molar-refractivity contribution in [3.8, 4) is 5.75 Å². The molecule has 4 heteroatoms. The Morgan fingerprint density at radius 2 is 2.06 bits per heavy atom. The monoisotopic (exact) mass is 231 g/mol. The number of nitrogens with zero attached hydrogens (tertiary/aromatic N) is 1. The molecule has 0 fully saturated rings. The van der Waals surface area contributed by atoms with E-state index < -0.39 is 0 Å². The largest absolute Gasteiger partial charge is 0.487 e. The van der Waals surface area contributed by atoms with Crippen molar-refractivity contribution in [1.82, 2.24) is 4.98 Å². The molecule has 0 spiro atoms. The van der Waals surface area contributed by atoms with Gasteiger partial charge in [0.15, 0.2) is 6.29 Å². The number of hydrogen-bond donors (Lipinski definition) is 0. The first-order valence-electron chi connectivity index (χ1n) is 5.07. The summed E-state index contributed by atoms with van der Waals surface area (Å²) in [6.07, 6.45) is 2.09. The number of carbonyl (C=O) groups is 1. The van der Waals surface area contributed by atoms with E-state index in [4.69, 9.17) is 4.74 Å². The van der Waals surface area contributed by atoms with Crippen molar-refractivity contribution in [2.45, 2.75) is 6.61 Å². The smallest absolute Gasteiger partial charge is 0.168 e. The van der Waals surface area contributed by atoms with Crippen molar-refractivity contribution in [1.29, 1.82) is 0 Å². The summed E-state index contributed by atoms with van der Waals surface area (Å²) in [7, 11) is 0. The molecular weight excluding hydrogens is 221 g/mol. The number of pyridine rings is 1. The van der Waals surface area contributed by atoms with Gasteiger partial charge in [-0.15, -0.1) is 0 Å². The number of halogens is 1. The molecule has 0 N–H and O–H groups in total. The molecule has 0 amide bonds. The quantitative estimate of drug-likeness (QED) is 0.759. The van der Waals surface area contributed by atoms with Gasteiger partial charge in [-0.1, -0.05) is 18.2 Å². The van der Waals surface area contributed by atoms with Gasteiger partial charge in [0.05, 0.1) is 6.20 Å². The molecule has 0 aliphatic rings. The number of carbonyl (C=O) groups excluding carboxylic acids is 1. The molecule has 1 heterocycles. The third-order valence-corrected chi connectivity index (χ3v) is 2.23. The SMILES string of the molecule is O=Cc1ccc(OCc2ccccc2F)cn1. The Morgan fingerprint density at radius 3 is 2.71 bits per heavy atom. The molecule has 86 valence electrons. The van der Waals surface area contributed by atoms with Crippen LogP contribution in [0.25, 0.3) is 0 Å². The van der Waals surface area contributed by atoms with Crippen LogP contribution < -0.4 is 4.74 Å². The molecule has 1 aromatic carbocycles. The molecule has 0 bridgehead atoms. The Balaban J connectivity index is 2.02. The van der Waals surface area contributed by atoms with Crippen molar-refractivity contribution in [3.05, 3.63) is 59.7 Å². The van der Waals surface area contributed by atoms with Gasteiger partial charge in [-0.3, -0.25) is 4.79 Å². The zero-order valence-corrected chi connectivity index (χ0v) is 8.97. The fourth-order valence-corrected chi connectivity index (χ4v) is 1.32. The summed E-state index contributed by atoms with van der Waals surface area (Å²) in [5, 5.41) is 0. The van der Waals surface area contributed by atoms with E-state index in [0.29, 0.717) is 23.3 Å². The summed E-state index contributed by atoms with van der Waals surface area (Å²) >= 11 is 0. The van der Waals surface area contributed by atoms with E-state index in [1.54, 1.807) is 30.3 Å². The van der Waals surface area contributed by atoms with Crippen molar-refractivity contribution < 1.29 is 13.9 Å². The summed E-state index contributed by atoms with van der Waals surface area (Å²) in [6.45, 7) is 0.134. The van der Waals surface area contributed by atoms with Gasteiger partial charge in [0.25, 0.3) is 0 Å². The summed E-state index contributed by atoms with van der Waals surface area (Å²) in [5.41, 5.74) is 0.815. The summed E-state index contributed by atoms with van der Waals surface area (Å²) < 4.78 is 18.6. The lowest BCUT2D eigenvalue weighted by atomic mass is 10.2. The molecule has 0 saturated heterocycles. The average Bonchev–Trinajstić information content (AvgIpc) is 2.38. The molecule has 0 aliphatic carbocycles. The molecule has 3 nitrogen and oxygen atoms in total. The van der Waals surface area contributed by atoms with Crippen LogP contribution in [-0.4, -0.2) is 11.3 Å². The lowest BCUT2D eigenvalue weighted by Gasteiger charge is -2.06. The highest BCUT2D eigenvalue weighted by molar-refractivity contribution is 5.71. The maximum absolute atomic E-state index is 13.3. The molecule has 17 heavy (non-hydrogen) atoms. The van der Waals surface area contributed by atoms with E-state index in [2.05, 4.69) is 4.98 Å². The predicted octanol–water partition coefficient (Wildman–Crippen LogP) is 2.61. The van der Waals surface area contributed by atoms with E-state index in [-0.39, 0.29) is 12.4 Å². The molecule has 0 aliphatic heterocycles. The number of rotatable bonds is 4. The third-order valence-electron chi connectivity index (χ3n) is 2.23. The number of hydrogen-bond acceptors (Lipinski definition) is 3. The van der Waals surface area contributed by atoms with Crippen LogP contribution in [0, 0.1) is 5.82 Å². The van der Waals surface area contributed by atoms with Gasteiger partial charge in [-0.2, -0.15) is 0 Å². The van der Waals surface area contributed by atoms with Crippen LogP contribution in [0.2, 0.25) is 0 Å². The fourth-order valence-electron chi connectivity index (χ4n) is 1.32. The van der Waals surface area contributed by atoms with Crippen LogP contribution in [0.5, 0.6) is 5.75 Å². The molecule has 0 saturated carbocycles. The molecule has 0 atom stereocenters. The van der Waals surface area contributed by atoms with E-state index in [1.165, 1.54) is 12.3 Å². The van der Waals surface area contributed by atoms with Crippen LogP contribution in [0.15, 0.2) is 42.6 Å². The maximum atomic E-state index is 13.3. The lowest BCUT2D eigenvalue weighted by Crippen LogP contribution is -1.98. The Bertz CT molecular complexity index is 511. The van der Waals surface area contributed by atoms with Crippen LogP contribution in [0.4, 0.5) is 4.39 Å². The Hall–Kier alpha value is -2.23. The molecular formula is C13H10FNO2. The normalized spacial score (nSPS) is 9.94. The number of aromatic nitrogens is 1. The highest BCUT2D eigenvalue weighted by Crippen LogP contribution is 2.13. The summed E-state index contributed by atoms with van der Waals surface area (Å²) in [4.78, 5) is 14.2. The van der Waals surface area contributed by atoms with E-state index in [9.17, 15) is 9.18 Å². The second-order valence-corrected chi connectivity index (χ2v) is 3.42. The van der Waals surface area contributed by atoms with Crippen molar-refractivity contribution in [3.63, 3.8) is 0 Å². The molecule has 2 aromatic rings. The minimum atomic E-state index is -0.301. The van der Waals surface area contributed by atoms with E-state index >= 15 is 0 Å². The van der Waals surface area contributed by atoms with Gasteiger partial charge < -0.3 is 4.74 Å². The van der Waals surface area contributed by atoms with Crippen molar-refractivity contribution in [2.24, 2.45) is 0 Å². The third kappa shape index (κ3) is 2.87. The topological polar surface area (TPSA) is 39.2 Å². The molecule has 0 unspecified atom stereocenters. The van der Waals surface area contributed by atoms with Gasteiger partial charge in [-0.25, -0.2) is 9.37 Å². The Kier molecular flexibility index (Phi) is 3.45. The average molecular weight is 231 g/mol. The maximum Gasteiger partial charge on any atom is 0.168 e. The lowest BCUT2D eigenvalue weighted by molar-refractivity contribution is 0.111. The zero-order valence-electron chi connectivity index (χ0n) is 8.97. The highest BCUT2D eigenvalue weighted by Gasteiger charge is 2.02. The fraction of sp³-hybridized carbons (Fsp3) is 0.0769. The first-order valence-corrected chi connectivity index (χ1v) is 5.07. The number of aldehydes is 1. The number of benzene rings is 1. The van der Waals surface area contributed by atoms with E-state index in [1.807, 2.05) is 0 Å². The van der Waals surface area contributed by atoms with Gasteiger partial charge in [0.1, 0.15) is 23.9 Å². The van der Waals surface area contributed by atoms with Crippen LogP contribution in [-0.2, 0) is 6.61 Å². The molecule has 2 rings (SSSR count). The first kappa shape index (κ1) is 11.3. The first-order chi connectivity index (χ1) is 8.29. The minimum Gasteiger partial charge on any atom is -0.487 e. The van der Waals surface area contributed by atoms with Crippen LogP contribution in [0.1, 0.15) is 16.1 Å². The molecule has 1 aromatic heterocycles. The second-order valence-electron chi connectivity index (χ2n) is 3.42. The van der Waals surface area contributed by atoms with Gasteiger partial charge >= 0.3 is 0 Å². The van der Waals surface area contributed by atoms with Crippen molar-refractivity contribution in [2.75, 3.05) is 0 Å². The van der Waals surface area contributed by atoms with Crippen molar-refractivity contribution >= 4 is 6.29 Å². The zero-order chi connectivity index (χ0) is 12.1. The van der Waals surface area contributed by atoms with Crippen LogP contribution in [0.3, 0.4) is 0 Å². The molecule has 0 radical (unpaired) electrons. The van der Waals surface area contributed by atoms with Gasteiger partial charge in [-0.05, 0) is 18.2 Å². The highest BCUT2D eigenvalue weighted by atomic mass is 19.1. The van der Waals surface area contributed by atoms with E-state index in [0.717, 1.165) is 0 Å². The Morgan fingerprint density at radius 1 is 1.24 bits per heavy atom. The standard InChI is InChI=1S/C13H10FNO2/c14-13-4-2-1-3-10(13)9-17-12-6-5-11(8-16)15-7-12/h1-8H,9H2. The summed E-state index contributed by atoms with van der Waals surface area (Å²) in [6, 6.07) is 9.57. The number of ether oxygens (including phenoxy) is 1. The van der Waals surface area contributed by atoms with Gasteiger partial charge in [0.2, 0.25) is 0 Å². The minimum absolute atomic E-state index is 0.134.